The van der Waals surface area contributed by atoms with Crippen LogP contribution in [-0.4, -0.2) is 38.0 Å². The highest BCUT2D eigenvalue weighted by Crippen LogP contribution is 2.34. The summed E-state index contributed by atoms with van der Waals surface area (Å²) in [6.45, 7) is 0. The minimum Gasteiger partial charge on any atom is -0.337 e. The molecule has 1 aromatic heterocycles. The van der Waals surface area contributed by atoms with Crippen LogP contribution in [0.5, 0.6) is 0 Å². The number of hydrogen-bond acceptors (Lipinski definition) is 7. The maximum atomic E-state index is 12.9. The van der Waals surface area contributed by atoms with Crippen LogP contribution >= 0.6 is 0 Å². The normalized spacial score (nSPS) is 10.7. The monoisotopic (exact) mass is 605 g/mol. The molecular formula is C37H23N3O6. The highest BCUT2D eigenvalue weighted by atomic mass is 16.6. The van der Waals surface area contributed by atoms with Gasteiger partial charge in [-0.1, -0.05) is 109 Å². The molecule has 9 nitrogen and oxygen atoms in total. The SMILES string of the molecule is O=C(C(=O)c1ccc(-c2nc(-c3ccc([N+](=O)[O-])cc3)[nH]c2-c2ccc(C(=O)C(=O)c3ccccc3)cc2)cc1)c1ccccc1. The van der Waals surface area contributed by atoms with Gasteiger partial charge in [-0.15, -0.1) is 0 Å². The quantitative estimate of drug-likeness (QED) is 0.0740. The summed E-state index contributed by atoms with van der Waals surface area (Å²) in [6, 6.07) is 35.5. The molecular weight excluding hydrogens is 582 g/mol. The van der Waals surface area contributed by atoms with Crippen molar-refractivity contribution in [3.8, 4) is 33.9 Å². The van der Waals surface area contributed by atoms with Crippen molar-refractivity contribution in [1.82, 2.24) is 9.97 Å². The first-order valence-corrected chi connectivity index (χ1v) is 14.1. The molecule has 6 rings (SSSR count). The maximum Gasteiger partial charge on any atom is 0.269 e. The lowest BCUT2D eigenvalue weighted by Crippen LogP contribution is -2.14. The number of H-pyrrole nitrogens is 1. The van der Waals surface area contributed by atoms with Crippen LogP contribution in [0.3, 0.4) is 0 Å². The van der Waals surface area contributed by atoms with Crippen molar-refractivity contribution in [1.29, 1.82) is 0 Å². The van der Waals surface area contributed by atoms with Gasteiger partial charge in [0, 0.05) is 51.1 Å². The summed E-state index contributed by atoms with van der Waals surface area (Å²) in [5.74, 6) is -2.08. The van der Waals surface area contributed by atoms with Gasteiger partial charge in [0.25, 0.3) is 5.69 Å². The third kappa shape index (κ3) is 5.93. The van der Waals surface area contributed by atoms with Gasteiger partial charge in [-0.05, 0) is 12.1 Å². The Balaban J connectivity index is 1.35. The lowest BCUT2D eigenvalue weighted by molar-refractivity contribution is -0.384. The number of imidazole rings is 1. The Hall–Kier alpha value is -6.61. The number of hydrogen-bond donors (Lipinski definition) is 1. The Kier molecular flexibility index (Phi) is 8.04. The third-order valence-corrected chi connectivity index (χ3v) is 7.40. The molecule has 0 bridgehead atoms. The standard InChI is InChI=1S/C37H23N3O6/c41-33(25-7-3-1-4-8-25)35(43)27-15-11-23(12-16-27)31-32(39-37(38-31)29-19-21-30(22-20-29)40(45)46)24-13-17-28(18-14-24)36(44)34(42)26-9-5-2-6-10-26/h1-22H,(H,38,39). The van der Waals surface area contributed by atoms with E-state index in [4.69, 9.17) is 4.98 Å². The average Bonchev–Trinajstić information content (AvgIpc) is 3.57. The molecule has 0 aliphatic heterocycles. The minimum atomic E-state index is -0.642. The zero-order valence-corrected chi connectivity index (χ0v) is 24.0. The summed E-state index contributed by atoms with van der Waals surface area (Å²) in [7, 11) is 0. The second kappa shape index (κ2) is 12.6. The number of nitrogens with one attached hydrogen (secondary N) is 1. The number of non-ortho nitro benzene ring substituents is 1. The van der Waals surface area contributed by atoms with E-state index in [2.05, 4.69) is 4.98 Å². The zero-order valence-electron chi connectivity index (χ0n) is 24.0. The summed E-state index contributed by atoms with van der Waals surface area (Å²) in [5, 5.41) is 11.2. The molecule has 9 heteroatoms. The number of rotatable bonds is 10. The molecule has 222 valence electrons. The van der Waals surface area contributed by atoms with Gasteiger partial charge in [0.2, 0.25) is 23.1 Å². The molecule has 0 aliphatic carbocycles. The Labute approximate surface area is 262 Å². The van der Waals surface area contributed by atoms with Crippen molar-refractivity contribution in [3.63, 3.8) is 0 Å². The fourth-order valence-electron chi connectivity index (χ4n) is 4.94. The molecule has 0 fully saturated rings. The first-order chi connectivity index (χ1) is 22.3. The molecule has 0 amide bonds. The van der Waals surface area contributed by atoms with Crippen LogP contribution < -0.4 is 0 Å². The smallest absolute Gasteiger partial charge is 0.269 e. The number of aromatic amines is 1. The number of nitro groups is 1. The predicted octanol–water partition coefficient (Wildman–Crippen LogP) is 7.45. The minimum absolute atomic E-state index is 0.0636. The van der Waals surface area contributed by atoms with Gasteiger partial charge in [0.05, 0.1) is 16.3 Å². The van der Waals surface area contributed by atoms with Crippen molar-refractivity contribution in [3.05, 3.63) is 166 Å². The molecule has 1 N–H and O–H groups in total. The van der Waals surface area contributed by atoms with Gasteiger partial charge in [-0.2, -0.15) is 0 Å². The Morgan fingerprint density at radius 2 is 0.891 bits per heavy atom. The second-order valence-electron chi connectivity index (χ2n) is 10.3. The van der Waals surface area contributed by atoms with E-state index in [1.165, 1.54) is 12.1 Å². The number of carbonyl (C=O) groups excluding carboxylic acids is 4. The first kappa shape index (κ1) is 29.5. The topological polar surface area (TPSA) is 140 Å². The molecule has 0 spiro atoms. The van der Waals surface area contributed by atoms with Crippen LogP contribution in [0.15, 0.2) is 133 Å². The fraction of sp³-hybridized carbons (Fsp3) is 0. The van der Waals surface area contributed by atoms with Crippen molar-refractivity contribution in [2.75, 3.05) is 0 Å². The van der Waals surface area contributed by atoms with Crippen LogP contribution in [-0.2, 0) is 0 Å². The van der Waals surface area contributed by atoms with E-state index in [1.807, 2.05) is 0 Å². The van der Waals surface area contributed by atoms with Crippen LogP contribution in [0.4, 0.5) is 5.69 Å². The Morgan fingerprint density at radius 1 is 0.500 bits per heavy atom. The molecule has 0 radical (unpaired) electrons. The predicted molar refractivity (Wildman–Crippen MR) is 172 cm³/mol. The fourth-order valence-corrected chi connectivity index (χ4v) is 4.94. The zero-order chi connectivity index (χ0) is 32.2. The van der Waals surface area contributed by atoms with E-state index in [0.29, 0.717) is 45.0 Å². The van der Waals surface area contributed by atoms with Crippen molar-refractivity contribution in [2.45, 2.75) is 0 Å². The van der Waals surface area contributed by atoms with E-state index >= 15 is 0 Å². The van der Waals surface area contributed by atoms with Gasteiger partial charge >= 0.3 is 0 Å². The number of nitrogens with zero attached hydrogens (tertiary/aromatic N) is 2. The molecule has 0 atom stereocenters. The molecule has 1 heterocycles. The summed E-state index contributed by atoms with van der Waals surface area (Å²) < 4.78 is 0. The second-order valence-corrected chi connectivity index (χ2v) is 10.3. The van der Waals surface area contributed by atoms with Crippen molar-refractivity contribution in [2.24, 2.45) is 0 Å². The third-order valence-electron chi connectivity index (χ3n) is 7.40. The molecule has 0 aliphatic rings. The molecule has 0 unspecified atom stereocenters. The van der Waals surface area contributed by atoms with Crippen LogP contribution in [0, 0.1) is 10.1 Å². The highest BCUT2D eigenvalue weighted by molar-refractivity contribution is 6.49. The number of benzene rings is 5. The lowest BCUT2D eigenvalue weighted by Gasteiger charge is -2.06. The van der Waals surface area contributed by atoms with Gasteiger partial charge < -0.3 is 4.98 Å². The summed E-state index contributed by atoms with van der Waals surface area (Å²) in [6.07, 6.45) is 0. The van der Waals surface area contributed by atoms with Crippen LogP contribution in [0.1, 0.15) is 41.4 Å². The van der Waals surface area contributed by atoms with Crippen molar-refractivity contribution >= 4 is 28.8 Å². The largest absolute Gasteiger partial charge is 0.337 e. The number of aromatic nitrogens is 2. The Bertz CT molecular complexity index is 1980. The number of nitro benzene ring substituents is 1. The van der Waals surface area contributed by atoms with Crippen molar-refractivity contribution < 1.29 is 24.1 Å². The first-order valence-electron chi connectivity index (χ1n) is 14.1. The van der Waals surface area contributed by atoms with E-state index in [0.717, 1.165) is 0 Å². The average molecular weight is 606 g/mol. The number of carbonyl (C=O) groups is 4. The van der Waals surface area contributed by atoms with Crippen LogP contribution in [0.25, 0.3) is 33.9 Å². The molecule has 0 saturated heterocycles. The van der Waals surface area contributed by atoms with E-state index < -0.39 is 28.1 Å². The number of ketones is 4. The van der Waals surface area contributed by atoms with Gasteiger partial charge in [0.15, 0.2) is 0 Å². The molecule has 6 aromatic rings. The lowest BCUT2D eigenvalue weighted by atomic mass is 9.97. The highest BCUT2D eigenvalue weighted by Gasteiger charge is 2.22. The van der Waals surface area contributed by atoms with E-state index in [-0.39, 0.29) is 16.8 Å². The molecule has 0 saturated carbocycles. The van der Waals surface area contributed by atoms with E-state index in [9.17, 15) is 29.3 Å². The Morgan fingerprint density at radius 3 is 1.33 bits per heavy atom. The van der Waals surface area contributed by atoms with E-state index in [1.54, 1.807) is 121 Å². The van der Waals surface area contributed by atoms with Crippen LogP contribution in [0.2, 0.25) is 0 Å². The maximum absolute atomic E-state index is 12.9. The summed E-state index contributed by atoms with van der Waals surface area (Å²) >= 11 is 0. The molecule has 5 aromatic carbocycles. The summed E-state index contributed by atoms with van der Waals surface area (Å²) in [4.78, 5) is 70.0. The number of Topliss-reactive ketones (excluding diaryl/α,β-unsaturated/α-hetero) is 4. The van der Waals surface area contributed by atoms with Gasteiger partial charge in [0.1, 0.15) is 5.82 Å². The van der Waals surface area contributed by atoms with Gasteiger partial charge in [-0.3, -0.25) is 29.3 Å². The molecule has 46 heavy (non-hydrogen) atoms. The summed E-state index contributed by atoms with van der Waals surface area (Å²) in [5.41, 5.74) is 3.92. The van der Waals surface area contributed by atoms with Gasteiger partial charge in [-0.25, -0.2) is 4.98 Å².